The molecule has 0 aliphatic rings. The van der Waals surface area contributed by atoms with Crippen molar-refractivity contribution in [2.75, 3.05) is 19.0 Å². The zero-order valence-corrected chi connectivity index (χ0v) is 20.0. The fraction of sp³-hybridized carbons (Fsp3) is 0.179. The molecule has 7 heteroatoms. The van der Waals surface area contributed by atoms with Gasteiger partial charge in [-0.3, -0.25) is 9.59 Å². The summed E-state index contributed by atoms with van der Waals surface area (Å²) in [5.74, 6) is 0.559. The number of hydrogen-bond donors (Lipinski definition) is 1. The first-order chi connectivity index (χ1) is 17.0. The Bertz CT molecular complexity index is 1300. The Morgan fingerprint density at radius 2 is 1.63 bits per heavy atom. The molecule has 1 aromatic heterocycles. The number of nitrogens with one attached hydrogen (secondary N) is 1. The van der Waals surface area contributed by atoms with Gasteiger partial charge in [0.1, 0.15) is 18.1 Å². The zero-order valence-electron chi connectivity index (χ0n) is 20.0. The Kier molecular flexibility index (Phi) is 7.26. The summed E-state index contributed by atoms with van der Waals surface area (Å²) in [6.45, 7) is 3.66. The first kappa shape index (κ1) is 23.8. The fourth-order valence-electron chi connectivity index (χ4n) is 3.73. The van der Waals surface area contributed by atoms with Crippen molar-refractivity contribution in [1.29, 1.82) is 0 Å². The number of rotatable bonds is 8. The molecule has 0 spiro atoms. The SMILES string of the molecule is COc1cccc(C(=O)N(CC(=O)Nc2cc(-c3ccccc3)nn2-c2ccccc2)C(C)C)c1. The molecular weight excluding hydrogens is 440 g/mol. The minimum Gasteiger partial charge on any atom is -0.497 e. The summed E-state index contributed by atoms with van der Waals surface area (Å²) in [5.41, 5.74) is 2.96. The maximum Gasteiger partial charge on any atom is 0.254 e. The number of benzene rings is 3. The lowest BCUT2D eigenvalue weighted by molar-refractivity contribution is -0.117. The van der Waals surface area contributed by atoms with Crippen molar-refractivity contribution < 1.29 is 14.3 Å². The van der Waals surface area contributed by atoms with Crippen LogP contribution in [-0.2, 0) is 4.79 Å². The van der Waals surface area contributed by atoms with Gasteiger partial charge in [-0.1, -0.05) is 54.6 Å². The molecule has 3 aromatic carbocycles. The molecule has 0 radical (unpaired) electrons. The number of amides is 2. The van der Waals surface area contributed by atoms with Gasteiger partial charge in [-0.15, -0.1) is 0 Å². The molecule has 0 aliphatic carbocycles. The highest BCUT2D eigenvalue weighted by molar-refractivity contribution is 5.99. The normalized spacial score (nSPS) is 10.7. The molecule has 0 unspecified atom stereocenters. The van der Waals surface area contributed by atoms with Gasteiger partial charge >= 0.3 is 0 Å². The van der Waals surface area contributed by atoms with Gasteiger partial charge in [0.25, 0.3) is 5.91 Å². The van der Waals surface area contributed by atoms with Crippen molar-refractivity contribution >= 4 is 17.6 Å². The van der Waals surface area contributed by atoms with Gasteiger partial charge in [0, 0.05) is 23.2 Å². The quantitative estimate of drug-likeness (QED) is 0.393. The molecule has 0 aliphatic heterocycles. The van der Waals surface area contributed by atoms with E-state index < -0.39 is 0 Å². The molecular formula is C28H28N4O3. The third kappa shape index (κ3) is 5.58. The number of aromatic nitrogens is 2. The number of hydrogen-bond acceptors (Lipinski definition) is 4. The lowest BCUT2D eigenvalue weighted by Gasteiger charge is -2.26. The van der Waals surface area contributed by atoms with Gasteiger partial charge in [-0.2, -0.15) is 5.10 Å². The van der Waals surface area contributed by atoms with Crippen molar-refractivity contribution in [3.05, 3.63) is 96.6 Å². The summed E-state index contributed by atoms with van der Waals surface area (Å²) in [6.07, 6.45) is 0. The monoisotopic (exact) mass is 468 g/mol. The van der Waals surface area contributed by atoms with Crippen LogP contribution in [0.5, 0.6) is 5.75 Å². The van der Waals surface area contributed by atoms with Crippen molar-refractivity contribution in [1.82, 2.24) is 14.7 Å². The lowest BCUT2D eigenvalue weighted by Crippen LogP contribution is -2.42. The van der Waals surface area contributed by atoms with E-state index in [-0.39, 0.29) is 24.4 Å². The molecule has 0 saturated carbocycles. The van der Waals surface area contributed by atoms with E-state index in [4.69, 9.17) is 9.84 Å². The third-order valence-corrected chi connectivity index (χ3v) is 5.56. The average Bonchev–Trinajstić information content (AvgIpc) is 3.31. The van der Waals surface area contributed by atoms with E-state index in [1.54, 1.807) is 36.1 Å². The predicted octanol–water partition coefficient (Wildman–Crippen LogP) is 5.04. The Balaban J connectivity index is 1.59. The minimum atomic E-state index is -0.313. The van der Waals surface area contributed by atoms with Crippen LogP contribution in [0.3, 0.4) is 0 Å². The predicted molar refractivity (Wildman–Crippen MR) is 137 cm³/mol. The number of methoxy groups -OCH3 is 1. The van der Waals surface area contributed by atoms with Crippen molar-refractivity contribution in [3.8, 4) is 22.7 Å². The second kappa shape index (κ2) is 10.7. The van der Waals surface area contributed by atoms with E-state index in [2.05, 4.69) is 5.32 Å². The molecule has 0 fully saturated rings. The third-order valence-electron chi connectivity index (χ3n) is 5.56. The number of carbonyl (C=O) groups is 2. The molecule has 0 atom stereocenters. The maximum absolute atomic E-state index is 13.2. The Morgan fingerprint density at radius 3 is 2.29 bits per heavy atom. The van der Waals surface area contributed by atoms with Crippen molar-refractivity contribution in [2.24, 2.45) is 0 Å². The van der Waals surface area contributed by atoms with Crippen LogP contribution in [0.15, 0.2) is 91.0 Å². The molecule has 0 saturated heterocycles. The second-order valence-electron chi connectivity index (χ2n) is 8.34. The average molecular weight is 469 g/mol. The largest absolute Gasteiger partial charge is 0.497 e. The topological polar surface area (TPSA) is 76.5 Å². The van der Waals surface area contributed by atoms with Crippen LogP contribution in [0.1, 0.15) is 24.2 Å². The summed E-state index contributed by atoms with van der Waals surface area (Å²) in [5, 5.41) is 7.68. The number of para-hydroxylation sites is 1. The first-order valence-electron chi connectivity index (χ1n) is 11.4. The van der Waals surface area contributed by atoms with Gasteiger partial charge < -0.3 is 15.0 Å². The van der Waals surface area contributed by atoms with Crippen LogP contribution >= 0.6 is 0 Å². The van der Waals surface area contributed by atoms with Gasteiger partial charge in [0.15, 0.2) is 0 Å². The highest BCUT2D eigenvalue weighted by atomic mass is 16.5. The van der Waals surface area contributed by atoms with E-state index in [0.29, 0.717) is 17.1 Å². The molecule has 178 valence electrons. The minimum absolute atomic E-state index is 0.103. The second-order valence-corrected chi connectivity index (χ2v) is 8.34. The van der Waals surface area contributed by atoms with Gasteiger partial charge in [0.2, 0.25) is 5.91 Å². The Labute approximate surface area is 205 Å². The Morgan fingerprint density at radius 1 is 0.943 bits per heavy atom. The van der Waals surface area contributed by atoms with E-state index >= 15 is 0 Å². The summed E-state index contributed by atoms with van der Waals surface area (Å²) in [7, 11) is 1.55. The number of nitrogens with zero attached hydrogens (tertiary/aromatic N) is 3. The highest BCUT2D eigenvalue weighted by Crippen LogP contribution is 2.25. The molecule has 2 amide bonds. The summed E-state index contributed by atoms with van der Waals surface area (Å²) in [4.78, 5) is 27.9. The van der Waals surface area contributed by atoms with E-state index in [1.807, 2.05) is 80.6 Å². The van der Waals surface area contributed by atoms with Crippen LogP contribution in [0.25, 0.3) is 16.9 Å². The number of carbonyl (C=O) groups excluding carboxylic acids is 2. The summed E-state index contributed by atoms with van der Waals surface area (Å²) < 4.78 is 6.94. The molecule has 1 N–H and O–H groups in total. The van der Waals surface area contributed by atoms with Gasteiger partial charge in [-0.05, 0) is 44.2 Å². The van der Waals surface area contributed by atoms with Crippen molar-refractivity contribution in [2.45, 2.75) is 19.9 Å². The fourth-order valence-corrected chi connectivity index (χ4v) is 3.73. The molecule has 7 nitrogen and oxygen atoms in total. The lowest BCUT2D eigenvalue weighted by atomic mass is 10.1. The van der Waals surface area contributed by atoms with Crippen LogP contribution in [0, 0.1) is 0 Å². The van der Waals surface area contributed by atoms with Crippen molar-refractivity contribution in [3.63, 3.8) is 0 Å². The Hall–Kier alpha value is -4.39. The van der Waals surface area contributed by atoms with Crippen LogP contribution in [0.2, 0.25) is 0 Å². The van der Waals surface area contributed by atoms with Gasteiger partial charge in [-0.25, -0.2) is 4.68 Å². The van der Waals surface area contributed by atoms with Crippen LogP contribution in [-0.4, -0.2) is 46.2 Å². The zero-order chi connectivity index (χ0) is 24.8. The molecule has 4 aromatic rings. The van der Waals surface area contributed by atoms with Crippen LogP contribution in [0.4, 0.5) is 5.82 Å². The smallest absolute Gasteiger partial charge is 0.254 e. The maximum atomic E-state index is 13.2. The van der Waals surface area contributed by atoms with Gasteiger partial charge in [0.05, 0.1) is 18.5 Å². The van der Waals surface area contributed by atoms with E-state index in [1.165, 1.54) is 4.90 Å². The van der Waals surface area contributed by atoms with Crippen LogP contribution < -0.4 is 10.1 Å². The van der Waals surface area contributed by atoms with E-state index in [9.17, 15) is 9.59 Å². The molecule has 1 heterocycles. The van der Waals surface area contributed by atoms with E-state index in [0.717, 1.165) is 16.9 Å². The molecule has 0 bridgehead atoms. The summed E-state index contributed by atoms with van der Waals surface area (Å²) in [6, 6.07) is 27.9. The number of ether oxygens (including phenoxy) is 1. The molecule has 4 rings (SSSR count). The standard InChI is InChI=1S/C28H28N4O3/c1-20(2)31(28(34)22-13-10-16-24(17-22)35-3)19-27(33)29-26-18-25(21-11-6-4-7-12-21)30-32(26)23-14-8-5-9-15-23/h4-18,20H,19H2,1-3H3,(H,29,33). The first-order valence-corrected chi connectivity index (χ1v) is 11.4. The number of anilines is 1. The highest BCUT2D eigenvalue weighted by Gasteiger charge is 2.23. The molecule has 35 heavy (non-hydrogen) atoms. The summed E-state index contributed by atoms with van der Waals surface area (Å²) >= 11 is 0.